The Bertz CT molecular complexity index is 311. The van der Waals surface area contributed by atoms with Crippen molar-refractivity contribution in [3.8, 4) is 0 Å². The van der Waals surface area contributed by atoms with Crippen molar-refractivity contribution < 1.29 is 4.79 Å². The van der Waals surface area contributed by atoms with Crippen LogP contribution in [0, 0.1) is 5.92 Å². The van der Waals surface area contributed by atoms with E-state index in [0.29, 0.717) is 17.9 Å². The third-order valence-electron chi connectivity index (χ3n) is 4.89. The molecule has 4 heteroatoms. The first-order chi connectivity index (χ1) is 9.34. The van der Waals surface area contributed by atoms with Gasteiger partial charge in [0, 0.05) is 19.1 Å². The molecule has 3 atom stereocenters. The second kappa shape index (κ2) is 6.49. The summed E-state index contributed by atoms with van der Waals surface area (Å²) in [6.45, 7) is 3.18. The number of likely N-dealkylation sites (tertiary alicyclic amines) is 1. The zero-order chi connectivity index (χ0) is 13.1. The predicted molar refractivity (Wildman–Crippen MR) is 80.4 cm³/mol. The van der Waals surface area contributed by atoms with Crippen LogP contribution in [0.4, 0.5) is 0 Å². The van der Waals surface area contributed by atoms with E-state index < -0.39 is 0 Å². The standard InChI is InChI=1S/C15H26N2OS/c18-15(14-7-1-2-10-19-14)17-9-4-5-12(11-17)13-6-3-8-16-13/h12-14,16H,1-11H2. The lowest BCUT2D eigenvalue weighted by atomic mass is 9.89. The number of nitrogens with one attached hydrogen (secondary N) is 1. The van der Waals surface area contributed by atoms with Gasteiger partial charge in [-0.25, -0.2) is 0 Å². The van der Waals surface area contributed by atoms with Crippen LogP contribution in [0.15, 0.2) is 0 Å². The zero-order valence-corrected chi connectivity index (χ0v) is 12.6. The number of thioether (sulfide) groups is 1. The van der Waals surface area contributed by atoms with Gasteiger partial charge in [0.1, 0.15) is 0 Å². The summed E-state index contributed by atoms with van der Waals surface area (Å²) in [4.78, 5) is 14.8. The summed E-state index contributed by atoms with van der Waals surface area (Å²) in [5, 5.41) is 3.89. The van der Waals surface area contributed by atoms with Gasteiger partial charge in [-0.1, -0.05) is 6.42 Å². The molecule has 19 heavy (non-hydrogen) atoms. The summed E-state index contributed by atoms with van der Waals surface area (Å²) >= 11 is 1.89. The Balaban J connectivity index is 1.56. The van der Waals surface area contributed by atoms with Gasteiger partial charge >= 0.3 is 0 Å². The van der Waals surface area contributed by atoms with E-state index in [-0.39, 0.29) is 5.25 Å². The molecule has 0 aromatic heterocycles. The van der Waals surface area contributed by atoms with Crippen LogP contribution in [0.2, 0.25) is 0 Å². The molecule has 3 aliphatic rings. The van der Waals surface area contributed by atoms with Gasteiger partial charge in [0.25, 0.3) is 0 Å². The van der Waals surface area contributed by atoms with E-state index in [1.165, 1.54) is 50.8 Å². The maximum atomic E-state index is 12.6. The summed E-state index contributed by atoms with van der Waals surface area (Å²) in [7, 11) is 0. The van der Waals surface area contributed by atoms with Gasteiger partial charge < -0.3 is 10.2 Å². The van der Waals surface area contributed by atoms with Gasteiger partial charge in [-0.3, -0.25) is 4.79 Å². The van der Waals surface area contributed by atoms with Crippen molar-refractivity contribution in [3.63, 3.8) is 0 Å². The second-order valence-corrected chi connectivity index (χ2v) is 7.56. The average Bonchev–Trinajstić information content (AvgIpc) is 3.02. The quantitative estimate of drug-likeness (QED) is 0.843. The van der Waals surface area contributed by atoms with Crippen molar-refractivity contribution in [2.45, 2.75) is 56.2 Å². The highest BCUT2D eigenvalue weighted by molar-refractivity contribution is 8.00. The molecule has 3 nitrogen and oxygen atoms in total. The van der Waals surface area contributed by atoms with Crippen molar-refractivity contribution >= 4 is 17.7 Å². The molecule has 1 amide bonds. The smallest absolute Gasteiger partial charge is 0.235 e. The number of rotatable bonds is 2. The van der Waals surface area contributed by atoms with Crippen LogP contribution in [-0.4, -0.2) is 47.5 Å². The summed E-state index contributed by atoms with van der Waals surface area (Å²) in [6.07, 6.45) is 8.77. The summed E-state index contributed by atoms with van der Waals surface area (Å²) in [6, 6.07) is 0.676. The molecule has 3 rings (SSSR count). The van der Waals surface area contributed by atoms with Crippen molar-refractivity contribution in [3.05, 3.63) is 0 Å². The van der Waals surface area contributed by atoms with Crippen molar-refractivity contribution in [1.29, 1.82) is 0 Å². The lowest BCUT2D eigenvalue weighted by Gasteiger charge is -2.38. The van der Waals surface area contributed by atoms with Crippen LogP contribution in [0.1, 0.15) is 44.9 Å². The normalized spacial score (nSPS) is 36.4. The molecule has 3 saturated heterocycles. The number of carbonyl (C=O) groups is 1. The highest BCUT2D eigenvalue weighted by atomic mass is 32.2. The van der Waals surface area contributed by atoms with E-state index in [9.17, 15) is 4.79 Å². The second-order valence-electron chi connectivity index (χ2n) is 6.24. The first-order valence-corrected chi connectivity index (χ1v) is 9.03. The molecule has 0 radical (unpaired) electrons. The molecule has 108 valence electrons. The number of nitrogens with zero attached hydrogens (tertiary/aromatic N) is 1. The van der Waals surface area contributed by atoms with E-state index >= 15 is 0 Å². The fourth-order valence-electron chi connectivity index (χ4n) is 3.79. The number of amides is 1. The first-order valence-electron chi connectivity index (χ1n) is 7.98. The van der Waals surface area contributed by atoms with Gasteiger partial charge in [0.2, 0.25) is 5.91 Å². The molecule has 0 saturated carbocycles. The Hall–Kier alpha value is -0.220. The fraction of sp³-hybridized carbons (Fsp3) is 0.933. The van der Waals surface area contributed by atoms with Crippen LogP contribution in [0.3, 0.4) is 0 Å². The Labute approximate surface area is 120 Å². The molecular formula is C15H26N2OS. The maximum Gasteiger partial charge on any atom is 0.235 e. The minimum Gasteiger partial charge on any atom is -0.341 e. The fourth-order valence-corrected chi connectivity index (χ4v) is 5.07. The molecule has 3 aliphatic heterocycles. The zero-order valence-electron chi connectivity index (χ0n) is 11.8. The Morgan fingerprint density at radius 3 is 2.79 bits per heavy atom. The summed E-state index contributed by atoms with van der Waals surface area (Å²) < 4.78 is 0. The molecule has 3 fully saturated rings. The van der Waals surface area contributed by atoms with Gasteiger partial charge in [-0.05, 0) is 56.7 Å². The lowest BCUT2D eigenvalue weighted by molar-refractivity contribution is -0.132. The first kappa shape index (κ1) is 13.7. The maximum absolute atomic E-state index is 12.6. The SMILES string of the molecule is O=C(C1CCCCS1)N1CCCC(C2CCCN2)C1. The van der Waals surface area contributed by atoms with E-state index in [4.69, 9.17) is 0 Å². The minimum atomic E-state index is 0.268. The monoisotopic (exact) mass is 282 g/mol. The molecule has 1 N–H and O–H groups in total. The molecule has 0 bridgehead atoms. The molecule has 0 aromatic carbocycles. The Kier molecular flexibility index (Phi) is 4.69. The molecule has 3 unspecified atom stereocenters. The van der Waals surface area contributed by atoms with Crippen LogP contribution in [-0.2, 0) is 4.79 Å². The molecule has 0 aliphatic carbocycles. The van der Waals surface area contributed by atoms with E-state index in [1.807, 2.05) is 11.8 Å². The summed E-state index contributed by atoms with van der Waals surface area (Å²) in [5.74, 6) is 2.32. The largest absolute Gasteiger partial charge is 0.341 e. The van der Waals surface area contributed by atoms with Crippen LogP contribution < -0.4 is 5.32 Å². The number of carbonyl (C=O) groups excluding carboxylic acids is 1. The third-order valence-corrected chi connectivity index (χ3v) is 6.26. The Morgan fingerprint density at radius 2 is 2.05 bits per heavy atom. The number of hydrogen-bond acceptors (Lipinski definition) is 3. The highest BCUT2D eigenvalue weighted by Crippen LogP contribution is 2.30. The lowest BCUT2D eigenvalue weighted by Crippen LogP contribution is -2.48. The highest BCUT2D eigenvalue weighted by Gasteiger charge is 2.33. The Morgan fingerprint density at radius 1 is 1.11 bits per heavy atom. The predicted octanol–water partition coefficient (Wildman–Crippen LogP) is 2.26. The van der Waals surface area contributed by atoms with Crippen molar-refractivity contribution in [2.24, 2.45) is 5.92 Å². The van der Waals surface area contributed by atoms with Gasteiger partial charge in [0.05, 0.1) is 5.25 Å². The van der Waals surface area contributed by atoms with Crippen molar-refractivity contribution in [1.82, 2.24) is 10.2 Å². The average molecular weight is 282 g/mol. The number of hydrogen-bond donors (Lipinski definition) is 1. The van der Waals surface area contributed by atoms with Gasteiger partial charge in [0.15, 0.2) is 0 Å². The van der Waals surface area contributed by atoms with Crippen LogP contribution >= 0.6 is 11.8 Å². The van der Waals surface area contributed by atoms with Gasteiger partial charge in [-0.15, -0.1) is 11.8 Å². The van der Waals surface area contributed by atoms with E-state index in [2.05, 4.69) is 10.2 Å². The van der Waals surface area contributed by atoms with Crippen LogP contribution in [0.25, 0.3) is 0 Å². The number of piperidine rings is 1. The topological polar surface area (TPSA) is 32.3 Å². The van der Waals surface area contributed by atoms with Gasteiger partial charge in [-0.2, -0.15) is 0 Å². The van der Waals surface area contributed by atoms with Crippen molar-refractivity contribution in [2.75, 3.05) is 25.4 Å². The molecule has 0 aromatic rings. The van der Waals surface area contributed by atoms with Crippen LogP contribution in [0.5, 0.6) is 0 Å². The van der Waals surface area contributed by atoms with E-state index in [0.717, 1.165) is 19.5 Å². The molecule has 3 heterocycles. The minimum absolute atomic E-state index is 0.268. The molecule has 0 spiro atoms. The van der Waals surface area contributed by atoms with E-state index in [1.54, 1.807) is 0 Å². The third kappa shape index (κ3) is 3.27. The summed E-state index contributed by atoms with van der Waals surface area (Å²) in [5.41, 5.74) is 0. The molecular weight excluding hydrogens is 256 g/mol.